The molecule has 0 unspecified atom stereocenters. The summed E-state index contributed by atoms with van der Waals surface area (Å²) in [7, 11) is 0. The Morgan fingerprint density at radius 1 is 0.353 bits per heavy atom. The van der Waals surface area contributed by atoms with Crippen LogP contribution in [0.3, 0.4) is 0 Å². The summed E-state index contributed by atoms with van der Waals surface area (Å²) in [5, 5.41) is 0. The molecule has 0 spiro atoms. The van der Waals surface area contributed by atoms with Gasteiger partial charge < -0.3 is 9.47 Å². The fraction of sp³-hybridized carbons (Fsp3) is 0.875. The van der Waals surface area contributed by atoms with Crippen molar-refractivity contribution in [3.05, 3.63) is 24.0 Å². The molecular weight excluding hydrogens is 416 g/mol. The lowest BCUT2D eigenvalue weighted by Crippen LogP contribution is -2.01. The van der Waals surface area contributed by atoms with Crippen molar-refractivity contribution in [1.29, 1.82) is 0 Å². The second-order valence-electron chi connectivity index (χ2n) is 10.6. The average Bonchev–Trinajstić information content (AvgIpc) is 2.86. The van der Waals surface area contributed by atoms with Crippen LogP contribution in [0.5, 0.6) is 0 Å². The highest BCUT2D eigenvalue weighted by atomic mass is 16.5. The van der Waals surface area contributed by atoms with Gasteiger partial charge in [0.1, 0.15) is 24.0 Å². The number of hydrogen-bond acceptors (Lipinski definition) is 2. The zero-order chi connectivity index (χ0) is 24.4. The highest BCUT2D eigenvalue weighted by Gasteiger charge is 2.12. The van der Waals surface area contributed by atoms with E-state index in [0.717, 1.165) is 24.4 Å². The van der Waals surface area contributed by atoms with Crippen LogP contribution >= 0.6 is 0 Å². The fourth-order valence-corrected chi connectivity index (χ4v) is 5.00. The molecule has 2 heteroatoms. The van der Waals surface area contributed by atoms with Crippen LogP contribution in [0, 0.1) is 0 Å². The zero-order valence-corrected chi connectivity index (χ0v) is 23.4. The molecule has 0 aromatic heterocycles. The van der Waals surface area contributed by atoms with Gasteiger partial charge in [-0.05, 0) is 12.8 Å². The van der Waals surface area contributed by atoms with E-state index in [1.54, 1.807) is 12.5 Å². The molecule has 1 aliphatic heterocycles. The minimum atomic E-state index is 1.04. The van der Waals surface area contributed by atoms with E-state index in [-0.39, 0.29) is 0 Å². The lowest BCUT2D eigenvalue weighted by atomic mass is 10.0. The van der Waals surface area contributed by atoms with E-state index in [9.17, 15) is 0 Å². The van der Waals surface area contributed by atoms with E-state index in [1.807, 2.05) is 0 Å². The van der Waals surface area contributed by atoms with Crippen LogP contribution in [0.1, 0.15) is 181 Å². The maximum Gasteiger partial charge on any atom is 0.141 e. The largest absolute Gasteiger partial charge is 0.463 e. The van der Waals surface area contributed by atoms with Crippen molar-refractivity contribution in [3.8, 4) is 0 Å². The molecule has 0 aromatic rings. The Labute approximate surface area is 214 Å². The van der Waals surface area contributed by atoms with Gasteiger partial charge in [-0.2, -0.15) is 0 Å². The maximum absolute atomic E-state index is 5.82. The average molecular weight is 477 g/mol. The second-order valence-corrected chi connectivity index (χ2v) is 10.6. The summed E-state index contributed by atoms with van der Waals surface area (Å²) in [6.07, 6.45) is 38.9. The van der Waals surface area contributed by atoms with Crippen molar-refractivity contribution in [2.24, 2.45) is 0 Å². The van der Waals surface area contributed by atoms with Gasteiger partial charge in [-0.25, -0.2) is 0 Å². The van der Waals surface area contributed by atoms with Crippen molar-refractivity contribution in [1.82, 2.24) is 0 Å². The van der Waals surface area contributed by atoms with Crippen LogP contribution < -0.4 is 0 Å². The summed E-state index contributed by atoms with van der Waals surface area (Å²) in [6.45, 7) is 4.59. The number of rotatable bonds is 26. The molecule has 0 bridgehead atoms. The van der Waals surface area contributed by atoms with Crippen molar-refractivity contribution in [2.45, 2.75) is 181 Å². The van der Waals surface area contributed by atoms with Gasteiger partial charge in [0.05, 0.1) is 0 Å². The third-order valence-electron chi connectivity index (χ3n) is 7.30. The molecule has 0 amide bonds. The van der Waals surface area contributed by atoms with Crippen LogP contribution in [0.2, 0.25) is 0 Å². The second kappa shape index (κ2) is 25.2. The van der Waals surface area contributed by atoms with E-state index in [2.05, 4.69) is 13.8 Å². The topological polar surface area (TPSA) is 18.5 Å². The Kier molecular flexibility index (Phi) is 23.0. The fourth-order valence-electron chi connectivity index (χ4n) is 5.00. The molecule has 1 aliphatic rings. The molecule has 0 saturated carbocycles. The zero-order valence-electron chi connectivity index (χ0n) is 23.4. The number of unbranched alkanes of at least 4 members (excludes halogenated alkanes) is 22. The van der Waals surface area contributed by atoms with Crippen LogP contribution in [-0.2, 0) is 9.47 Å². The minimum Gasteiger partial charge on any atom is -0.463 e. The van der Waals surface area contributed by atoms with Crippen molar-refractivity contribution >= 4 is 0 Å². The SMILES string of the molecule is CCCCCCCCCCCCCCC1=C(CCCCCCCCCCCCCC)OC=CO1. The Morgan fingerprint density at radius 2 is 0.588 bits per heavy atom. The standard InChI is InChI=1S/C32H60O2/c1-3-5-7-9-11-13-15-17-19-21-23-25-27-31-32(34-30-29-33-31)28-26-24-22-20-18-16-14-12-10-8-6-4-2/h29-30H,3-28H2,1-2H3. The molecule has 0 N–H and O–H groups in total. The number of ether oxygens (including phenoxy) is 2. The predicted molar refractivity (Wildman–Crippen MR) is 150 cm³/mol. The van der Waals surface area contributed by atoms with Gasteiger partial charge >= 0.3 is 0 Å². The van der Waals surface area contributed by atoms with Gasteiger partial charge in [-0.3, -0.25) is 0 Å². The summed E-state index contributed by atoms with van der Waals surface area (Å²) in [5.74, 6) is 2.19. The summed E-state index contributed by atoms with van der Waals surface area (Å²) >= 11 is 0. The smallest absolute Gasteiger partial charge is 0.141 e. The van der Waals surface area contributed by atoms with Gasteiger partial charge in [0.25, 0.3) is 0 Å². The molecule has 200 valence electrons. The van der Waals surface area contributed by atoms with Gasteiger partial charge in [0.2, 0.25) is 0 Å². The third kappa shape index (κ3) is 19.4. The summed E-state index contributed by atoms with van der Waals surface area (Å²) in [6, 6.07) is 0. The van der Waals surface area contributed by atoms with E-state index < -0.39 is 0 Å². The number of hydrogen-bond donors (Lipinski definition) is 0. The lowest BCUT2D eigenvalue weighted by Gasteiger charge is -2.17. The van der Waals surface area contributed by atoms with Gasteiger partial charge in [0.15, 0.2) is 0 Å². The van der Waals surface area contributed by atoms with Crippen LogP contribution in [0.4, 0.5) is 0 Å². The number of allylic oxidation sites excluding steroid dienone is 2. The monoisotopic (exact) mass is 476 g/mol. The molecule has 1 rings (SSSR count). The normalized spacial score (nSPS) is 13.4. The predicted octanol–water partition coefficient (Wildman–Crippen LogP) is 11.9. The van der Waals surface area contributed by atoms with Gasteiger partial charge in [-0.1, -0.05) is 155 Å². The minimum absolute atomic E-state index is 1.04. The molecular formula is C32H60O2. The molecule has 0 atom stereocenters. The Hall–Kier alpha value is -0.920. The quantitative estimate of drug-likeness (QED) is 0.116. The van der Waals surface area contributed by atoms with Crippen LogP contribution in [0.15, 0.2) is 24.0 Å². The first-order valence-electron chi connectivity index (χ1n) is 15.6. The molecule has 0 aliphatic carbocycles. The van der Waals surface area contributed by atoms with Crippen molar-refractivity contribution in [3.63, 3.8) is 0 Å². The molecule has 34 heavy (non-hydrogen) atoms. The van der Waals surface area contributed by atoms with Gasteiger partial charge in [0, 0.05) is 12.8 Å². The Balaban J connectivity index is 1.95. The van der Waals surface area contributed by atoms with Crippen LogP contribution in [0.25, 0.3) is 0 Å². The lowest BCUT2D eigenvalue weighted by molar-refractivity contribution is 0.206. The Morgan fingerprint density at radius 3 is 0.853 bits per heavy atom. The molecule has 0 fully saturated rings. The van der Waals surface area contributed by atoms with E-state index >= 15 is 0 Å². The summed E-state index contributed by atoms with van der Waals surface area (Å²) in [4.78, 5) is 0. The maximum atomic E-state index is 5.82. The van der Waals surface area contributed by atoms with Gasteiger partial charge in [-0.15, -0.1) is 0 Å². The third-order valence-corrected chi connectivity index (χ3v) is 7.30. The first-order chi connectivity index (χ1) is 16.9. The Bertz CT molecular complexity index is 437. The first kappa shape index (κ1) is 31.1. The highest BCUT2D eigenvalue weighted by Crippen LogP contribution is 2.25. The molecule has 0 saturated heterocycles. The van der Waals surface area contributed by atoms with E-state index in [0.29, 0.717) is 0 Å². The summed E-state index contributed by atoms with van der Waals surface area (Å²) in [5.41, 5.74) is 0. The van der Waals surface area contributed by atoms with Crippen molar-refractivity contribution < 1.29 is 9.47 Å². The van der Waals surface area contributed by atoms with E-state index in [1.165, 1.54) is 154 Å². The van der Waals surface area contributed by atoms with E-state index in [4.69, 9.17) is 9.47 Å². The molecule has 1 heterocycles. The first-order valence-corrected chi connectivity index (χ1v) is 15.6. The molecule has 0 radical (unpaired) electrons. The van der Waals surface area contributed by atoms with Crippen molar-refractivity contribution in [2.75, 3.05) is 0 Å². The molecule has 2 nitrogen and oxygen atoms in total. The summed E-state index contributed by atoms with van der Waals surface area (Å²) < 4.78 is 11.6. The molecule has 0 aromatic carbocycles. The highest BCUT2D eigenvalue weighted by molar-refractivity contribution is 5.07. The van der Waals surface area contributed by atoms with Crippen LogP contribution in [-0.4, -0.2) is 0 Å².